The van der Waals surface area contributed by atoms with Gasteiger partial charge in [0.05, 0.1) is 7.11 Å². The van der Waals surface area contributed by atoms with Crippen molar-refractivity contribution in [2.75, 3.05) is 12.8 Å². The number of nitrogens with one attached hydrogen (secondary N) is 1. The van der Waals surface area contributed by atoms with Gasteiger partial charge in [-0.2, -0.15) is 0 Å². The Morgan fingerprint density at radius 2 is 2.00 bits per heavy atom. The number of benzene rings is 1. The molecule has 5 heteroatoms. The second-order valence-electron chi connectivity index (χ2n) is 3.25. The topological polar surface area (TPSA) is 81.0 Å². The van der Waals surface area contributed by atoms with Gasteiger partial charge in [-0.25, -0.2) is 4.98 Å². The average molecular weight is 217 g/mol. The number of methoxy groups -OCH3 is 1. The molecule has 0 saturated carbocycles. The van der Waals surface area contributed by atoms with E-state index < -0.39 is 0 Å². The van der Waals surface area contributed by atoms with Gasteiger partial charge in [-0.15, -0.1) is 0 Å². The number of hydrogen-bond donors (Lipinski definition) is 2. The summed E-state index contributed by atoms with van der Waals surface area (Å²) in [5, 5.41) is 0. The highest BCUT2D eigenvalue weighted by Crippen LogP contribution is 2.18. The fourth-order valence-electron chi connectivity index (χ4n) is 1.36. The van der Waals surface area contributed by atoms with Crippen LogP contribution in [0.5, 0.6) is 5.75 Å². The molecule has 0 unspecified atom stereocenters. The lowest BCUT2D eigenvalue weighted by atomic mass is 10.2. The van der Waals surface area contributed by atoms with Crippen molar-refractivity contribution in [2.45, 2.75) is 0 Å². The van der Waals surface area contributed by atoms with Crippen LogP contribution in [-0.2, 0) is 0 Å². The minimum Gasteiger partial charge on any atom is -0.497 e. The van der Waals surface area contributed by atoms with Gasteiger partial charge in [0.1, 0.15) is 17.4 Å². The molecule has 0 radical (unpaired) electrons. The Kier molecular flexibility index (Phi) is 2.59. The van der Waals surface area contributed by atoms with Gasteiger partial charge in [0.15, 0.2) is 0 Å². The van der Waals surface area contributed by atoms with Crippen LogP contribution >= 0.6 is 0 Å². The zero-order chi connectivity index (χ0) is 11.5. The molecule has 0 aliphatic heterocycles. The third kappa shape index (κ3) is 2.03. The van der Waals surface area contributed by atoms with E-state index in [1.54, 1.807) is 31.4 Å². The molecule has 1 aromatic carbocycles. The Hall–Kier alpha value is -2.30. The van der Waals surface area contributed by atoms with Crippen molar-refractivity contribution in [3.63, 3.8) is 0 Å². The number of rotatable bonds is 2. The summed E-state index contributed by atoms with van der Waals surface area (Å²) in [7, 11) is 1.59. The van der Waals surface area contributed by atoms with Gasteiger partial charge in [0.2, 0.25) is 0 Å². The lowest BCUT2D eigenvalue weighted by molar-refractivity contribution is 0.415. The van der Waals surface area contributed by atoms with E-state index >= 15 is 0 Å². The lowest BCUT2D eigenvalue weighted by Crippen LogP contribution is -2.09. The quantitative estimate of drug-likeness (QED) is 0.787. The Labute approximate surface area is 91.9 Å². The number of nitrogens with zero attached hydrogens (tertiary/aromatic N) is 1. The minimum atomic E-state index is -0.265. The minimum absolute atomic E-state index is 0.203. The number of aromatic amines is 1. The maximum Gasteiger partial charge on any atom is 0.253 e. The molecule has 2 rings (SSSR count). The first kappa shape index (κ1) is 10.2. The molecule has 0 spiro atoms. The summed E-state index contributed by atoms with van der Waals surface area (Å²) in [5.74, 6) is 1.40. The summed E-state index contributed by atoms with van der Waals surface area (Å²) >= 11 is 0. The summed E-state index contributed by atoms with van der Waals surface area (Å²) < 4.78 is 5.04. The van der Waals surface area contributed by atoms with Gasteiger partial charge in [0, 0.05) is 11.6 Å². The fraction of sp³-hybridized carbons (Fsp3) is 0.0909. The van der Waals surface area contributed by atoms with Crippen molar-refractivity contribution in [1.82, 2.24) is 9.97 Å². The molecule has 5 nitrogen and oxygen atoms in total. The largest absolute Gasteiger partial charge is 0.497 e. The van der Waals surface area contributed by atoms with Crippen molar-refractivity contribution in [2.24, 2.45) is 0 Å². The van der Waals surface area contributed by atoms with E-state index in [2.05, 4.69) is 9.97 Å². The number of H-pyrrole nitrogens is 1. The molecule has 0 aliphatic carbocycles. The van der Waals surface area contributed by atoms with Gasteiger partial charge < -0.3 is 15.5 Å². The molecule has 0 atom stereocenters. The number of hydrogen-bond acceptors (Lipinski definition) is 4. The van der Waals surface area contributed by atoms with E-state index in [-0.39, 0.29) is 11.4 Å². The van der Waals surface area contributed by atoms with Crippen LogP contribution in [0.4, 0.5) is 5.82 Å². The number of aromatic nitrogens is 2. The highest BCUT2D eigenvalue weighted by molar-refractivity contribution is 5.57. The van der Waals surface area contributed by atoms with E-state index in [0.717, 1.165) is 11.3 Å². The monoisotopic (exact) mass is 217 g/mol. The molecule has 1 heterocycles. The smallest absolute Gasteiger partial charge is 0.253 e. The molecule has 0 amide bonds. The second kappa shape index (κ2) is 4.06. The van der Waals surface area contributed by atoms with E-state index in [1.165, 1.54) is 6.07 Å². The molecule has 0 saturated heterocycles. The zero-order valence-corrected chi connectivity index (χ0v) is 8.73. The molecule has 3 N–H and O–H groups in total. The van der Waals surface area contributed by atoms with Crippen LogP contribution in [0.2, 0.25) is 0 Å². The third-order valence-corrected chi connectivity index (χ3v) is 2.12. The fourth-order valence-corrected chi connectivity index (χ4v) is 1.36. The van der Waals surface area contributed by atoms with Gasteiger partial charge in [-0.05, 0) is 24.3 Å². The predicted molar refractivity (Wildman–Crippen MR) is 61.3 cm³/mol. The highest BCUT2D eigenvalue weighted by atomic mass is 16.5. The second-order valence-corrected chi connectivity index (χ2v) is 3.25. The van der Waals surface area contributed by atoms with Gasteiger partial charge in [0.25, 0.3) is 5.56 Å². The molecular formula is C11H11N3O2. The number of nitrogen functional groups attached to an aromatic ring is 1. The van der Waals surface area contributed by atoms with Crippen LogP contribution in [-0.4, -0.2) is 17.1 Å². The van der Waals surface area contributed by atoms with Crippen molar-refractivity contribution < 1.29 is 4.74 Å². The van der Waals surface area contributed by atoms with Crippen molar-refractivity contribution in [3.8, 4) is 17.1 Å². The summed E-state index contributed by atoms with van der Waals surface area (Å²) in [5.41, 5.74) is 6.01. The summed E-state index contributed by atoms with van der Waals surface area (Å²) in [4.78, 5) is 17.9. The SMILES string of the molecule is COc1ccc(-c2nc(N)cc(=O)[nH]2)cc1. The van der Waals surface area contributed by atoms with E-state index in [9.17, 15) is 4.79 Å². The maximum atomic E-state index is 11.2. The van der Waals surface area contributed by atoms with E-state index in [1.807, 2.05) is 0 Å². The van der Waals surface area contributed by atoms with Crippen LogP contribution in [0, 0.1) is 0 Å². The van der Waals surface area contributed by atoms with E-state index in [4.69, 9.17) is 10.5 Å². The molecule has 1 aromatic heterocycles. The van der Waals surface area contributed by atoms with Crippen molar-refractivity contribution in [3.05, 3.63) is 40.7 Å². The lowest BCUT2D eigenvalue weighted by Gasteiger charge is -2.03. The molecule has 82 valence electrons. The van der Waals surface area contributed by atoms with Gasteiger partial charge in [-0.3, -0.25) is 4.79 Å². The first-order valence-electron chi connectivity index (χ1n) is 4.70. The maximum absolute atomic E-state index is 11.2. The van der Waals surface area contributed by atoms with Gasteiger partial charge >= 0.3 is 0 Å². The third-order valence-electron chi connectivity index (χ3n) is 2.12. The Morgan fingerprint density at radius 1 is 1.31 bits per heavy atom. The van der Waals surface area contributed by atoms with Crippen LogP contribution in [0.3, 0.4) is 0 Å². The van der Waals surface area contributed by atoms with Crippen LogP contribution in [0.25, 0.3) is 11.4 Å². The van der Waals surface area contributed by atoms with Crippen LogP contribution in [0.1, 0.15) is 0 Å². The number of anilines is 1. The van der Waals surface area contributed by atoms with Crippen molar-refractivity contribution in [1.29, 1.82) is 0 Å². The Morgan fingerprint density at radius 3 is 2.56 bits per heavy atom. The molecular weight excluding hydrogens is 206 g/mol. The molecule has 16 heavy (non-hydrogen) atoms. The van der Waals surface area contributed by atoms with Crippen molar-refractivity contribution >= 4 is 5.82 Å². The summed E-state index contributed by atoms with van der Waals surface area (Å²) in [6.07, 6.45) is 0. The Balaban J connectivity index is 2.46. The van der Waals surface area contributed by atoms with Gasteiger partial charge in [-0.1, -0.05) is 0 Å². The average Bonchev–Trinajstić information content (AvgIpc) is 2.28. The number of nitrogens with two attached hydrogens (primary N) is 1. The van der Waals surface area contributed by atoms with Crippen LogP contribution < -0.4 is 16.0 Å². The summed E-state index contributed by atoms with van der Waals surface area (Å²) in [6, 6.07) is 8.43. The molecule has 2 aromatic rings. The first-order chi connectivity index (χ1) is 7.69. The molecule has 0 fully saturated rings. The van der Waals surface area contributed by atoms with Crippen LogP contribution in [0.15, 0.2) is 35.1 Å². The predicted octanol–water partition coefficient (Wildman–Crippen LogP) is 1.03. The normalized spacial score (nSPS) is 10.1. The Bertz CT molecular complexity index is 546. The summed E-state index contributed by atoms with van der Waals surface area (Å²) in [6.45, 7) is 0. The van der Waals surface area contributed by atoms with E-state index in [0.29, 0.717) is 5.82 Å². The zero-order valence-electron chi connectivity index (χ0n) is 8.73. The molecule has 0 aliphatic rings. The molecule has 0 bridgehead atoms. The first-order valence-corrected chi connectivity index (χ1v) is 4.70. The number of ether oxygens (including phenoxy) is 1. The standard InChI is InChI=1S/C11H11N3O2/c1-16-8-4-2-7(3-5-8)11-13-9(12)6-10(15)14-11/h2-6H,1H3,(H3,12,13,14,15). The highest BCUT2D eigenvalue weighted by Gasteiger charge is 2.02.